The Morgan fingerprint density at radius 2 is 1.50 bits per heavy atom. The summed E-state index contributed by atoms with van der Waals surface area (Å²) in [4.78, 5) is 28.3. The van der Waals surface area contributed by atoms with Crippen LogP contribution in [0.5, 0.6) is 0 Å². The van der Waals surface area contributed by atoms with Crippen LogP contribution in [0.25, 0.3) is 5.53 Å². The first kappa shape index (κ1) is 27.2. The molecule has 0 saturated heterocycles. The van der Waals surface area contributed by atoms with E-state index in [9.17, 15) is 15.1 Å². The third kappa shape index (κ3) is 5.70. The molecule has 0 heterocycles. The molecule has 0 aromatic heterocycles. The molecule has 188 valence electrons. The summed E-state index contributed by atoms with van der Waals surface area (Å²) >= 11 is 0. The average molecular weight is 503 g/mol. The number of hydrogen-bond donors (Lipinski definition) is 0. The van der Waals surface area contributed by atoms with E-state index < -0.39 is 31.2 Å². The van der Waals surface area contributed by atoms with Gasteiger partial charge in [-0.2, -0.15) is 4.79 Å². The lowest BCUT2D eigenvalue weighted by molar-refractivity contribution is -0.142. The monoisotopic (exact) mass is 502 g/mol. The van der Waals surface area contributed by atoms with Crippen molar-refractivity contribution in [3.8, 4) is 0 Å². The molecule has 0 radical (unpaired) electrons. The molecule has 2 aromatic rings. The summed E-state index contributed by atoms with van der Waals surface area (Å²) < 4.78 is 12.0. The highest BCUT2D eigenvalue weighted by atomic mass is 28.4. The summed E-state index contributed by atoms with van der Waals surface area (Å²) in [7, 11) is -2.85. The van der Waals surface area contributed by atoms with Crippen molar-refractivity contribution in [2.45, 2.75) is 45.6 Å². The molecule has 6 nitrogen and oxygen atoms in total. The Hall–Kier alpha value is -3.38. The fraction of sp³-hybridized carbons (Fsp3) is 0.345. The van der Waals surface area contributed by atoms with Crippen molar-refractivity contribution < 1.29 is 23.5 Å². The second-order valence-electron chi connectivity index (χ2n) is 9.99. The maximum atomic E-state index is 13.1. The van der Waals surface area contributed by atoms with Crippen LogP contribution in [0.2, 0.25) is 5.04 Å². The van der Waals surface area contributed by atoms with E-state index in [1.165, 1.54) is 0 Å². The zero-order chi connectivity index (χ0) is 26.2. The SMILES string of the molecule is CCOC(=O)C(=[N+]=[N-])C(=O)CC1(CO[Si](c2ccccc2)(c2ccccc2)C(C)(C)C)C=CCC=C1. The molecule has 3 rings (SSSR count). The predicted octanol–water partition coefficient (Wildman–Crippen LogP) is 4.26. The summed E-state index contributed by atoms with van der Waals surface area (Å²) in [5.41, 5.74) is 7.97. The number of carbonyl (C=O) groups excluding carboxylic acids is 2. The van der Waals surface area contributed by atoms with Gasteiger partial charge in [0.05, 0.1) is 6.61 Å². The topological polar surface area (TPSA) is 89.0 Å². The van der Waals surface area contributed by atoms with Crippen LogP contribution in [0, 0.1) is 5.41 Å². The molecule has 0 unspecified atom stereocenters. The molecular formula is C29H34N2O4Si. The van der Waals surface area contributed by atoms with Gasteiger partial charge in [-0.25, -0.2) is 4.79 Å². The maximum Gasteiger partial charge on any atom is 0.441 e. The number of nitrogens with zero attached hydrogens (tertiary/aromatic N) is 2. The van der Waals surface area contributed by atoms with Gasteiger partial charge in [-0.3, -0.25) is 4.79 Å². The molecule has 0 aliphatic heterocycles. The summed E-state index contributed by atoms with van der Waals surface area (Å²) in [5, 5.41) is 2.04. The number of carbonyl (C=O) groups is 2. The van der Waals surface area contributed by atoms with Gasteiger partial charge in [0.1, 0.15) is 0 Å². The summed E-state index contributed by atoms with van der Waals surface area (Å²) in [5.74, 6) is -1.53. The fourth-order valence-corrected chi connectivity index (χ4v) is 9.44. The van der Waals surface area contributed by atoms with E-state index in [4.69, 9.17) is 9.16 Å². The standard InChI is InChI=1S/C29H34N2O4Si/c1-5-34-27(33)26(31-30)25(32)21-29(19-13-8-14-20-29)22-35-36(28(2,3)4,23-15-9-6-10-16-23)24-17-11-7-12-18-24/h6-7,9-20H,5,8,21-22H2,1-4H3. The van der Waals surface area contributed by atoms with Crippen LogP contribution < -0.4 is 10.4 Å². The summed E-state index contributed by atoms with van der Waals surface area (Å²) in [6.45, 7) is 8.51. The maximum absolute atomic E-state index is 13.1. The normalized spacial score (nSPS) is 14.7. The van der Waals surface area contributed by atoms with Crippen molar-refractivity contribution in [1.29, 1.82) is 0 Å². The van der Waals surface area contributed by atoms with E-state index in [0.29, 0.717) is 0 Å². The molecule has 0 spiro atoms. The Morgan fingerprint density at radius 3 is 1.94 bits per heavy atom. The number of ether oxygens (including phenoxy) is 1. The third-order valence-corrected chi connectivity index (χ3v) is 11.5. The highest BCUT2D eigenvalue weighted by Gasteiger charge is 2.51. The lowest BCUT2D eigenvalue weighted by atomic mass is 9.79. The van der Waals surface area contributed by atoms with Crippen LogP contribution in [0.1, 0.15) is 40.5 Å². The molecule has 1 aliphatic rings. The van der Waals surface area contributed by atoms with E-state index in [2.05, 4.69) is 49.8 Å². The quantitative estimate of drug-likeness (QED) is 0.0924. The van der Waals surface area contributed by atoms with Crippen molar-refractivity contribution in [3.63, 3.8) is 0 Å². The van der Waals surface area contributed by atoms with Gasteiger partial charge in [-0.15, -0.1) is 0 Å². The Bertz CT molecular complexity index is 1130. The predicted molar refractivity (Wildman–Crippen MR) is 144 cm³/mol. The molecule has 0 amide bonds. The Labute approximate surface area is 214 Å². The number of esters is 1. The van der Waals surface area contributed by atoms with Crippen molar-refractivity contribution in [3.05, 3.63) is 90.5 Å². The van der Waals surface area contributed by atoms with Crippen LogP contribution in [0.4, 0.5) is 0 Å². The van der Waals surface area contributed by atoms with E-state index in [1.807, 2.05) is 60.7 Å². The number of allylic oxidation sites excluding steroid dienone is 2. The van der Waals surface area contributed by atoms with Crippen molar-refractivity contribution in [1.82, 2.24) is 0 Å². The second-order valence-corrected chi connectivity index (χ2v) is 14.3. The Morgan fingerprint density at radius 1 is 0.972 bits per heavy atom. The zero-order valence-electron chi connectivity index (χ0n) is 21.4. The Balaban J connectivity index is 2.04. The van der Waals surface area contributed by atoms with E-state index >= 15 is 0 Å². The van der Waals surface area contributed by atoms with Crippen LogP contribution in [0.15, 0.2) is 85.0 Å². The van der Waals surface area contributed by atoms with Crippen molar-refractivity contribution in [2.75, 3.05) is 13.2 Å². The largest absolute Gasteiger partial charge is 0.457 e. The molecule has 0 atom stereocenters. The lowest BCUT2D eigenvalue weighted by Gasteiger charge is -2.45. The van der Waals surface area contributed by atoms with Gasteiger partial charge in [0, 0.05) is 18.4 Å². The van der Waals surface area contributed by atoms with Crippen LogP contribution in [0.3, 0.4) is 0 Å². The van der Waals surface area contributed by atoms with E-state index in [1.54, 1.807) is 6.92 Å². The first-order valence-electron chi connectivity index (χ1n) is 12.2. The van der Waals surface area contributed by atoms with Crippen LogP contribution >= 0.6 is 0 Å². The lowest BCUT2D eigenvalue weighted by Crippen LogP contribution is -2.67. The third-order valence-electron chi connectivity index (χ3n) is 6.47. The minimum atomic E-state index is -2.85. The molecule has 1 aliphatic carbocycles. The number of hydrogen-bond acceptors (Lipinski definition) is 4. The average Bonchev–Trinajstić information content (AvgIpc) is 2.86. The van der Waals surface area contributed by atoms with Gasteiger partial charge in [-0.05, 0) is 28.8 Å². The highest BCUT2D eigenvalue weighted by Crippen LogP contribution is 2.39. The number of ketones is 1. The highest BCUT2D eigenvalue weighted by molar-refractivity contribution is 6.99. The minimum Gasteiger partial charge on any atom is -0.457 e. The van der Waals surface area contributed by atoms with Gasteiger partial charge in [0.2, 0.25) is 0 Å². The molecule has 0 bridgehead atoms. The Kier molecular flexibility index (Phi) is 8.74. The van der Waals surface area contributed by atoms with Gasteiger partial charge in [-0.1, -0.05) is 106 Å². The molecule has 0 fully saturated rings. The molecule has 36 heavy (non-hydrogen) atoms. The van der Waals surface area contributed by atoms with Crippen LogP contribution in [-0.2, 0) is 18.8 Å². The molecule has 0 saturated carbocycles. The van der Waals surface area contributed by atoms with E-state index in [-0.39, 0.29) is 24.7 Å². The number of Topliss-reactive ketones (excluding diaryl/α,β-unsaturated/α-hetero) is 1. The van der Waals surface area contributed by atoms with Crippen molar-refractivity contribution >= 4 is 36.2 Å². The first-order chi connectivity index (χ1) is 17.2. The summed E-state index contributed by atoms with van der Waals surface area (Å²) in [6.07, 6.45) is 8.56. The van der Waals surface area contributed by atoms with Gasteiger partial charge >= 0.3 is 11.7 Å². The first-order valence-corrected chi connectivity index (χ1v) is 14.1. The number of benzene rings is 2. The number of rotatable bonds is 10. The smallest absolute Gasteiger partial charge is 0.441 e. The summed E-state index contributed by atoms with van der Waals surface area (Å²) in [6, 6.07) is 20.6. The molecule has 2 aromatic carbocycles. The minimum absolute atomic E-state index is 0.0764. The van der Waals surface area contributed by atoms with Crippen LogP contribution in [-0.4, -0.2) is 43.8 Å². The fourth-order valence-electron chi connectivity index (χ4n) is 4.80. The molecule has 7 heteroatoms. The van der Waals surface area contributed by atoms with Gasteiger partial charge < -0.3 is 14.7 Å². The van der Waals surface area contributed by atoms with E-state index in [0.717, 1.165) is 16.8 Å². The van der Waals surface area contributed by atoms with Gasteiger partial charge in [0.15, 0.2) is 0 Å². The zero-order valence-corrected chi connectivity index (χ0v) is 22.4. The second kappa shape index (κ2) is 11.6. The molecule has 0 N–H and O–H groups in total. The van der Waals surface area contributed by atoms with Crippen molar-refractivity contribution in [2.24, 2.45) is 5.41 Å². The van der Waals surface area contributed by atoms with Gasteiger partial charge in [0.25, 0.3) is 14.1 Å². The molecular weight excluding hydrogens is 468 g/mol.